The van der Waals surface area contributed by atoms with Crippen molar-refractivity contribution in [3.63, 3.8) is 0 Å². The van der Waals surface area contributed by atoms with E-state index < -0.39 is 0 Å². The van der Waals surface area contributed by atoms with E-state index in [0.29, 0.717) is 11.6 Å². The lowest BCUT2D eigenvalue weighted by Gasteiger charge is -2.06. The van der Waals surface area contributed by atoms with Gasteiger partial charge in [-0.25, -0.2) is 4.68 Å². The number of pyridine rings is 1. The molecule has 0 spiro atoms. The number of aromatic nitrogens is 3. The Kier molecular flexibility index (Phi) is 2.76. The highest BCUT2D eigenvalue weighted by Crippen LogP contribution is 2.22. The van der Waals surface area contributed by atoms with Gasteiger partial charge in [-0.2, -0.15) is 5.10 Å². The average Bonchev–Trinajstić information content (AvgIpc) is 2.58. The Morgan fingerprint density at radius 3 is 2.75 bits per heavy atom. The summed E-state index contributed by atoms with van der Waals surface area (Å²) < 4.78 is 7.37. The van der Waals surface area contributed by atoms with Crippen LogP contribution in [0.15, 0.2) is 24.5 Å². The number of rotatable bonds is 3. The van der Waals surface area contributed by atoms with Crippen LogP contribution in [0.4, 0.5) is 5.69 Å². The lowest BCUT2D eigenvalue weighted by molar-refractivity contribution is 0.429. The van der Waals surface area contributed by atoms with E-state index in [4.69, 9.17) is 4.74 Å². The van der Waals surface area contributed by atoms with Crippen molar-refractivity contribution in [2.75, 3.05) is 12.4 Å². The lowest BCUT2D eigenvalue weighted by atomic mass is 10.4. The fourth-order valence-corrected chi connectivity index (χ4v) is 1.41. The highest BCUT2D eigenvalue weighted by molar-refractivity contribution is 5.45. The molecule has 2 aromatic heterocycles. The molecular weight excluding hydrogens is 204 g/mol. The van der Waals surface area contributed by atoms with Crippen molar-refractivity contribution in [1.29, 1.82) is 0 Å². The van der Waals surface area contributed by atoms with Gasteiger partial charge in [-0.3, -0.25) is 4.98 Å². The molecule has 5 heteroatoms. The number of nitrogens with zero attached hydrogens (tertiary/aromatic N) is 3. The zero-order valence-electron chi connectivity index (χ0n) is 9.56. The predicted octanol–water partition coefficient (Wildman–Crippen LogP) is 1.96. The van der Waals surface area contributed by atoms with Crippen molar-refractivity contribution < 1.29 is 4.74 Å². The number of anilines is 1. The lowest BCUT2D eigenvalue weighted by Crippen LogP contribution is -1.96. The molecule has 16 heavy (non-hydrogen) atoms. The molecule has 2 rings (SSSR count). The molecule has 0 fully saturated rings. The van der Waals surface area contributed by atoms with Gasteiger partial charge in [0.1, 0.15) is 5.75 Å². The standard InChI is InChI=1S/C11H14N4O/c1-8-4-11(15(3)14-8)16-10-5-9(12-2)6-13-7-10/h4-7,12H,1-3H3. The summed E-state index contributed by atoms with van der Waals surface area (Å²) in [7, 11) is 3.69. The molecule has 0 atom stereocenters. The SMILES string of the molecule is CNc1cncc(Oc2cc(C)nn2C)c1. The second-order valence-corrected chi connectivity index (χ2v) is 3.51. The van der Waals surface area contributed by atoms with E-state index in [1.807, 2.05) is 33.2 Å². The quantitative estimate of drug-likeness (QED) is 0.855. The summed E-state index contributed by atoms with van der Waals surface area (Å²) in [4.78, 5) is 4.07. The molecule has 0 unspecified atom stereocenters. The van der Waals surface area contributed by atoms with Crippen LogP contribution >= 0.6 is 0 Å². The zero-order valence-corrected chi connectivity index (χ0v) is 9.56. The summed E-state index contributed by atoms with van der Waals surface area (Å²) in [5.74, 6) is 1.39. The Morgan fingerprint density at radius 1 is 1.31 bits per heavy atom. The predicted molar refractivity (Wildman–Crippen MR) is 61.8 cm³/mol. The van der Waals surface area contributed by atoms with Gasteiger partial charge in [0.05, 0.1) is 23.8 Å². The molecule has 1 N–H and O–H groups in total. The van der Waals surface area contributed by atoms with E-state index in [-0.39, 0.29) is 0 Å². The number of nitrogens with one attached hydrogen (secondary N) is 1. The Balaban J connectivity index is 2.23. The first-order valence-electron chi connectivity index (χ1n) is 5.00. The molecule has 0 amide bonds. The molecular formula is C11H14N4O. The maximum Gasteiger partial charge on any atom is 0.217 e. The van der Waals surface area contributed by atoms with Gasteiger partial charge in [-0.15, -0.1) is 0 Å². The van der Waals surface area contributed by atoms with Crippen LogP contribution in [-0.4, -0.2) is 21.8 Å². The third kappa shape index (κ3) is 2.13. The van der Waals surface area contributed by atoms with Gasteiger partial charge in [0.15, 0.2) is 0 Å². The average molecular weight is 218 g/mol. The molecule has 84 valence electrons. The maximum atomic E-state index is 5.67. The van der Waals surface area contributed by atoms with E-state index in [2.05, 4.69) is 15.4 Å². The van der Waals surface area contributed by atoms with Crippen LogP contribution in [-0.2, 0) is 7.05 Å². The highest BCUT2D eigenvalue weighted by Gasteiger charge is 2.04. The van der Waals surface area contributed by atoms with Gasteiger partial charge in [-0.05, 0) is 6.92 Å². The smallest absolute Gasteiger partial charge is 0.217 e. The molecule has 0 bridgehead atoms. The van der Waals surface area contributed by atoms with E-state index >= 15 is 0 Å². The fourth-order valence-electron chi connectivity index (χ4n) is 1.41. The summed E-state index contributed by atoms with van der Waals surface area (Å²) in [6.07, 6.45) is 3.41. The number of ether oxygens (including phenoxy) is 1. The van der Waals surface area contributed by atoms with Crippen molar-refractivity contribution >= 4 is 5.69 Å². The summed E-state index contributed by atoms with van der Waals surface area (Å²) in [5, 5.41) is 7.21. The van der Waals surface area contributed by atoms with Gasteiger partial charge >= 0.3 is 0 Å². The molecule has 5 nitrogen and oxygen atoms in total. The molecule has 0 saturated carbocycles. The Labute approximate surface area is 94.1 Å². The second kappa shape index (κ2) is 4.22. The fraction of sp³-hybridized carbons (Fsp3) is 0.273. The van der Waals surface area contributed by atoms with Crippen LogP contribution in [0, 0.1) is 6.92 Å². The van der Waals surface area contributed by atoms with E-state index in [1.165, 1.54) is 0 Å². The van der Waals surface area contributed by atoms with E-state index in [9.17, 15) is 0 Å². The number of hydrogen-bond acceptors (Lipinski definition) is 4. The van der Waals surface area contributed by atoms with Gasteiger partial charge in [0.25, 0.3) is 0 Å². The van der Waals surface area contributed by atoms with Crippen LogP contribution < -0.4 is 10.1 Å². The summed E-state index contributed by atoms with van der Waals surface area (Å²) in [5.41, 5.74) is 1.84. The number of aryl methyl sites for hydroxylation is 2. The Hall–Kier alpha value is -2.04. The molecule has 2 heterocycles. The first kappa shape index (κ1) is 10.5. The van der Waals surface area contributed by atoms with Gasteiger partial charge in [0, 0.05) is 26.2 Å². The maximum absolute atomic E-state index is 5.67. The molecule has 0 aliphatic rings. The van der Waals surface area contributed by atoms with Crippen molar-refractivity contribution in [3.8, 4) is 11.6 Å². The minimum absolute atomic E-state index is 0.690. The normalized spacial score (nSPS) is 10.2. The topological polar surface area (TPSA) is 52.0 Å². The van der Waals surface area contributed by atoms with Crippen LogP contribution in [0.1, 0.15) is 5.69 Å². The summed E-state index contributed by atoms with van der Waals surface area (Å²) in [6.45, 7) is 1.93. The third-order valence-corrected chi connectivity index (χ3v) is 2.18. The highest BCUT2D eigenvalue weighted by atomic mass is 16.5. The second-order valence-electron chi connectivity index (χ2n) is 3.51. The van der Waals surface area contributed by atoms with Crippen LogP contribution in [0.2, 0.25) is 0 Å². The number of hydrogen-bond donors (Lipinski definition) is 1. The molecule has 0 saturated heterocycles. The van der Waals surface area contributed by atoms with Gasteiger partial charge in [0.2, 0.25) is 5.88 Å². The monoisotopic (exact) mass is 218 g/mol. The molecule has 2 aromatic rings. The minimum atomic E-state index is 0.690. The van der Waals surface area contributed by atoms with Crippen molar-refractivity contribution in [2.45, 2.75) is 6.92 Å². The summed E-state index contributed by atoms with van der Waals surface area (Å²) in [6, 6.07) is 3.77. The van der Waals surface area contributed by atoms with Gasteiger partial charge in [-0.1, -0.05) is 0 Å². The van der Waals surface area contributed by atoms with Crippen LogP contribution in [0.3, 0.4) is 0 Å². The molecule has 0 aromatic carbocycles. The van der Waals surface area contributed by atoms with Crippen LogP contribution in [0.25, 0.3) is 0 Å². The van der Waals surface area contributed by atoms with Crippen LogP contribution in [0.5, 0.6) is 11.6 Å². The van der Waals surface area contributed by atoms with E-state index in [1.54, 1.807) is 17.1 Å². The Bertz CT molecular complexity index is 492. The molecule has 0 aliphatic carbocycles. The van der Waals surface area contributed by atoms with E-state index in [0.717, 1.165) is 11.4 Å². The molecule has 0 radical (unpaired) electrons. The Morgan fingerprint density at radius 2 is 2.12 bits per heavy atom. The molecule has 0 aliphatic heterocycles. The first-order valence-corrected chi connectivity index (χ1v) is 5.00. The van der Waals surface area contributed by atoms with Crippen molar-refractivity contribution in [1.82, 2.24) is 14.8 Å². The largest absolute Gasteiger partial charge is 0.438 e. The van der Waals surface area contributed by atoms with Gasteiger partial charge < -0.3 is 10.1 Å². The van der Waals surface area contributed by atoms with Crippen molar-refractivity contribution in [3.05, 3.63) is 30.2 Å². The minimum Gasteiger partial charge on any atom is -0.438 e. The zero-order chi connectivity index (χ0) is 11.5. The summed E-state index contributed by atoms with van der Waals surface area (Å²) >= 11 is 0. The third-order valence-electron chi connectivity index (χ3n) is 2.18. The van der Waals surface area contributed by atoms with Crippen molar-refractivity contribution in [2.24, 2.45) is 7.05 Å². The first-order chi connectivity index (χ1) is 7.69.